The quantitative estimate of drug-likeness (QED) is 0.159. The van der Waals surface area contributed by atoms with Gasteiger partial charge in [-0.3, -0.25) is 0 Å². The van der Waals surface area contributed by atoms with Gasteiger partial charge in [-0.15, -0.1) is 0 Å². The van der Waals surface area contributed by atoms with Crippen LogP contribution in [-0.2, 0) is 39.9 Å². The minimum absolute atomic E-state index is 0.000506. The van der Waals surface area contributed by atoms with Gasteiger partial charge in [0.05, 0.1) is 11.2 Å². The van der Waals surface area contributed by atoms with E-state index in [9.17, 15) is 0 Å². The molecule has 4 heteroatoms. The van der Waals surface area contributed by atoms with E-state index in [4.69, 9.17) is 0 Å². The largest absolute Gasteiger partial charge is 0.334 e. The van der Waals surface area contributed by atoms with Crippen LogP contribution in [-0.4, -0.2) is 12.3 Å². The molecule has 0 saturated carbocycles. The molecule has 9 aromatic carbocycles. The lowest BCUT2D eigenvalue weighted by Crippen LogP contribution is -2.62. The van der Waals surface area contributed by atoms with Crippen LogP contribution in [0.2, 0.25) is 0 Å². The van der Waals surface area contributed by atoms with Crippen molar-refractivity contribution in [2.75, 3.05) is 14.7 Å². The minimum Gasteiger partial charge on any atom is -0.334 e. The Hall–Kier alpha value is -7.56. The Bertz CT molecular complexity index is 3860. The lowest BCUT2D eigenvalue weighted by molar-refractivity contribution is 0.281. The summed E-state index contributed by atoms with van der Waals surface area (Å²) in [6, 6.07) is 78.0. The fourth-order valence-electron chi connectivity index (χ4n) is 14.3. The van der Waals surface area contributed by atoms with Crippen molar-refractivity contribution in [2.45, 2.75) is 135 Å². The van der Waals surface area contributed by atoms with Crippen molar-refractivity contribution < 1.29 is 0 Å². The summed E-state index contributed by atoms with van der Waals surface area (Å²) in [4.78, 5) is 8.07. The van der Waals surface area contributed by atoms with Crippen LogP contribution in [0.15, 0.2) is 200 Å². The average molecular weight is 1030 g/mol. The standard InChI is InChI=1S/C75H76BN3/c1-70(2,3)52-32-36-57(37-33-52)77-66-46-58(79-64-31-23-22-30-60(64)75(53-28-18-15-19-29-53)48-51-27-21-20-26-50(51)47-74(75,79)13)38-40-62(66)76-61-39-34-55(72(7,8)9)43-65(61)78(68-45-56(73(10,11)12)44-67(77)69(68)76)63-41-35-54(71(4,5)6)42-59(63)49-24-16-14-17-25-49/h14-46H,47-48H2,1-13H3. The number of nitrogens with zero attached hydrogens (tertiary/aromatic N) is 3. The van der Waals surface area contributed by atoms with Crippen molar-refractivity contribution in [2.24, 2.45) is 0 Å². The van der Waals surface area contributed by atoms with E-state index in [-0.39, 0.29) is 39.3 Å². The van der Waals surface area contributed by atoms with E-state index in [2.05, 4.69) is 305 Å². The number of hydrogen-bond donors (Lipinski definition) is 0. The monoisotopic (exact) mass is 1030 g/mol. The first-order valence-electron chi connectivity index (χ1n) is 29.0. The molecule has 394 valence electrons. The zero-order valence-electron chi connectivity index (χ0n) is 48.9. The highest BCUT2D eigenvalue weighted by atomic mass is 15.3. The van der Waals surface area contributed by atoms with Crippen LogP contribution in [0.4, 0.5) is 45.5 Å². The normalized spacial score (nSPS) is 18.3. The molecule has 9 aromatic rings. The second-order valence-corrected chi connectivity index (χ2v) is 27.7. The number of benzene rings is 9. The molecule has 0 amide bonds. The summed E-state index contributed by atoms with van der Waals surface area (Å²) in [5.41, 5.74) is 26.2. The zero-order chi connectivity index (χ0) is 55.2. The van der Waals surface area contributed by atoms with Crippen molar-refractivity contribution in [3.63, 3.8) is 0 Å². The minimum atomic E-state index is -0.348. The molecule has 3 heterocycles. The average Bonchev–Trinajstić information content (AvgIpc) is 2.64. The third-order valence-corrected chi connectivity index (χ3v) is 18.6. The SMILES string of the molecule is CC(C)(C)c1ccc(N2c3cc(N4c5ccccc5C5(c6ccccc6)Cc6ccccc6CC45C)ccc3B3c4ccc(C(C)(C)C)cc4N(c4ccc(C(C)(C)C)cc4-c4ccccc4)c4cc(C(C)(C)C)cc2c43)cc1. The molecule has 0 saturated heterocycles. The molecule has 1 aliphatic carbocycles. The van der Waals surface area contributed by atoms with Crippen LogP contribution < -0.4 is 31.1 Å². The number of hydrogen-bond acceptors (Lipinski definition) is 3. The van der Waals surface area contributed by atoms with Crippen LogP contribution >= 0.6 is 0 Å². The summed E-state index contributed by atoms with van der Waals surface area (Å²) in [5, 5.41) is 0. The molecular weight excluding hydrogens is 954 g/mol. The third-order valence-electron chi connectivity index (χ3n) is 18.6. The van der Waals surface area contributed by atoms with Gasteiger partial charge in [-0.05, 0) is 169 Å². The summed E-state index contributed by atoms with van der Waals surface area (Å²) in [5.74, 6) is 0. The highest BCUT2D eigenvalue weighted by molar-refractivity contribution is 7.00. The molecule has 3 nitrogen and oxygen atoms in total. The van der Waals surface area contributed by atoms with Crippen molar-refractivity contribution in [1.29, 1.82) is 0 Å². The van der Waals surface area contributed by atoms with E-state index in [1.807, 2.05) is 0 Å². The molecule has 0 aromatic heterocycles. The zero-order valence-corrected chi connectivity index (χ0v) is 48.9. The summed E-state index contributed by atoms with van der Waals surface area (Å²) in [6.45, 7) is 30.7. The topological polar surface area (TPSA) is 9.72 Å². The number of fused-ring (bicyclic) bond motifs is 8. The molecule has 2 unspecified atom stereocenters. The van der Waals surface area contributed by atoms with E-state index in [1.54, 1.807) is 0 Å². The molecular formula is C75H76BN3. The first kappa shape index (κ1) is 50.9. The molecule has 4 aliphatic rings. The Morgan fingerprint density at radius 2 is 0.873 bits per heavy atom. The Kier molecular flexibility index (Phi) is 11.4. The van der Waals surface area contributed by atoms with E-state index in [0.29, 0.717) is 0 Å². The van der Waals surface area contributed by atoms with E-state index in [1.165, 1.54) is 112 Å². The molecule has 79 heavy (non-hydrogen) atoms. The summed E-state index contributed by atoms with van der Waals surface area (Å²) >= 11 is 0. The predicted molar refractivity (Wildman–Crippen MR) is 339 cm³/mol. The molecule has 0 bridgehead atoms. The van der Waals surface area contributed by atoms with Gasteiger partial charge in [-0.2, -0.15) is 0 Å². The fourth-order valence-corrected chi connectivity index (χ4v) is 14.3. The highest BCUT2D eigenvalue weighted by Gasteiger charge is 2.62. The Balaban J connectivity index is 1.12. The second-order valence-electron chi connectivity index (χ2n) is 27.7. The third kappa shape index (κ3) is 7.90. The Labute approximate surface area is 472 Å². The first-order valence-corrected chi connectivity index (χ1v) is 29.0. The summed E-state index contributed by atoms with van der Waals surface area (Å²) < 4.78 is 0. The van der Waals surface area contributed by atoms with Crippen molar-refractivity contribution >= 4 is 68.6 Å². The highest BCUT2D eigenvalue weighted by Crippen LogP contribution is 2.63. The first-order chi connectivity index (χ1) is 37.6. The van der Waals surface area contributed by atoms with Crippen LogP contribution in [0.25, 0.3) is 11.1 Å². The van der Waals surface area contributed by atoms with Crippen molar-refractivity contribution in [1.82, 2.24) is 0 Å². The van der Waals surface area contributed by atoms with Gasteiger partial charge in [0.25, 0.3) is 6.71 Å². The summed E-state index contributed by atoms with van der Waals surface area (Å²) in [7, 11) is 0. The van der Waals surface area contributed by atoms with Crippen LogP contribution in [0.3, 0.4) is 0 Å². The maximum Gasteiger partial charge on any atom is 0.252 e. The summed E-state index contributed by atoms with van der Waals surface area (Å²) in [6.07, 6.45) is 1.84. The maximum absolute atomic E-state index is 2.76. The van der Waals surface area contributed by atoms with Gasteiger partial charge in [0.15, 0.2) is 0 Å². The number of para-hydroxylation sites is 1. The molecule has 3 aliphatic heterocycles. The molecule has 0 fully saturated rings. The maximum atomic E-state index is 2.76. The van der Waals surface area contributed by atoms with Gasteiger partial charge in [0, 0.05) is 50.8 Å². The fraction of sp³-hybridized carbons (Fsp3) is 0.280. The van der Waals surface area contributed by atoms with Crippen molar-refractivity contribution in [3.8, 4) is 11.1 Å². The van der Waals surface area contributed by atoms with Gasteiger partial charge in [-0.25, -0.2) is 0 Å². The molecule has 0 radical (unpaired) electrons. The molecule has 0 spiro atoms. The van der Waals surface area contributed by atoms with E-state index < -0.39 is 0 Å². The lowest BCUT2D eigenvalue weighted by Gasteiger charge is -2.53. The molecule has 2 atom stereocenters. The van der Waals surface area contributed by atoms with Crippen molar-refractivity contribution in [3.05, 3.63) is 245 Å². The Morgan fingerprint density at radius 1 is 0.380 bits per heavy atom. The number of anilines is 8. The van der Waals surface area contributed by atoms with Gasteiger partial charge >= 0.3 is 0 Å². The smallest absolute Gasteiger partial charge is 0.252 e. The van der Waals surface area contributed by atoms with Crippen LogP contribution in [0.1, 0.15) is 135 Å². The number of rotatable bonds is 5. The van der Waals surface area contributed by atoms with E-state index in [0.717, 1.165) is 18.5 Å². The van der Waals surface area contributed by atoms with Gasteiger partial charge < -0.3 is 14.7 Å². The second kappa shape index (κ2) is 17.7. The lowest BCUT2D eigenvalue weighted by atomic mass is 9.33. The van der Waals surface area contributed by atoms with Gasteiger partial charge in [-0.1, -0.05) is 223 Å². The van der Waals surface area contributed by atoms with E-state index >= 15 is 0 Å². The van der Waals surface area contributed by atoms with Gasteiger partial charge in [0.2, 0.25) is 0 Å². The molecule has 13 rings (SSSR count). The van der Waals surface area contributed by atoms with Gasteiger partial charge in [0.1, 0.15) is 0 Å². The van der Waals surface area contributed by atoms with Crippen LogP contribution in [0.5, 0.6) is 0 Å². The predicted octanol–water partition coefficient (Wildman–Crippen LogP) is 17.6. The Morgan fingerprint density at radius 3 is 1.52 bits per heavy atom. The van der Waals surface area contributed by atoms with Crippen LogP contribution in [0, 0.1) is 0 Å². The molecule has 0 N–H and O–H groups in total.